The molecule has 0 aromatic heterocycles. The third-order valence-corrected chi connectivity index (χ3v) is 11.3. The van der Waals surface area contributed by atoms with E-state index in [9.17, 15) is 19.8 Å². The molecule has 10 atom stereocenters. The summed E-state index contributed by atoms with van der Waals surface area (Å²) < 4.78 is 5.09. The molecular weight excluding hydrogens is 440 g/mol. The van der Waals surface area contributed by atoms with Gasteiger partial charge in [-0.05, 0) is 85.5 Å². The van der Waals surface area contributed by atoms with E-state index in [4.69, 9.17) is 4.74 Å². The number of esters is 1. The monoisotopic (exact) mass is 488 g/mol. The van der Waals surface area contributed by atoms with Crippen molar-refractivity contribution < 1.29 is 24.5 Å². The van der Waals surface area contributed by atoms with E-state index in [0.717, 1.165) is 25.2 Å². The number of Topliss-reactive ketones (excluding diaryl/α,β-unsaturated/α-hetero) is 1. The number of hydrogen-bond acceptors (Lipinski definition) is 5. The van der Waals surface area contributed by atoms with Crippen LogP contribution in [-0.2, 0) is 14.3 Å². The smallest absolute Gasteiger partial charge is 0.346 e. The van der Waals surface area contributed by atoms with E-state index < -0.39 is 28.9 Å². The lowest BCUT2D eigenvalue weighted by atomic mass is 9.48. The van der Waals surface area contributed by atoms with Gasteiger partial charge in [-0.2, -0.15) is 0 Å². The molecule has 0 bridgehead atoms. The highest BCUT2D eigenvalue weighted by Crippen LogP contribution is 2.68. The topological polar surface area (TPSA) is 83.8 Å². The van der Waals surface area contributed by atoms with Crippen molar-refractivity contribution in [3.05, 3.63) is 11.6 Å². The molecule has 198 valence electrons. The Morgan fingerprint density at radius 2 is 1.80 bits per heavy atom. The summed E-state index contributed by atoms with van der Waals surface area (Å²) >= 11 is 0. The third-order valence-electron chi connectivity index (χ3n) is 11.3. The zero-order chi connectivity index (χ0) is 25.9. The highest BCUT2D eigenvalue weighted by Gasteiger charge is 2.68. The molecule has 4 rings (SSSR count). The minimum absolute atomic E-state index is 0.0617. The molecule has 3 fully saturated rings. The van der Waals surface area contributed by atoms with Crippen molar-refractivity contribution in [2.45, 2.75) is 105 Å². The molecule has 2 N–H and O–H groups in total. The Labute approximate surface area is 212 Å². The van der Waals surface area contributed by atoms with Crippen molar-refractivity contribution in [1.82, 2.24) is 0 Å². The maximum atomic E-state index is 13.3. The summed E-state index contributed by atoms with van der Waals surface area (Å²) in [5, 5.41) is 22.6. The Balaban J connectivity index is 1.58. The molecular formula is C30H48O5. The lowest BCUT2D eigenvalue weighted by Gasteiger charge is -2.56. The predicted molar refractivity (Wildman–Crippen MR) is 136 cm³/mol. The van der Waals surface area contributed by atoms with Gasteiger partial charge in [0.05, 0.1) is 12.7 Å². The van der Waals surface area contributed by atoms with Crippen LogP contribution in [0.2, 0.25) is 0 Å². The second-order valence-electron chi connectivity index (χ2n) is 13.4. The molecule has 1 unspecified atom stereocenters. The molecule has 0 heterocycles. The molecule has 4 aliphatic rings. The van der Waals surface area contributed by atoms with Crippen LogP contribution in [0, 0.1) is 52.3 Å². The fourth-order valence-electron chi connectivity index (χ4n) is 8.93. The van der Waals surface area contributed by atoms with E-state index in [-0.39, 0.29) is 30.3 Å². The van der Waals surface area contributed by atoms with Gasteiger partial charge in [-0.25, -0.2) is 4.79 Å². The van der Waals surface area contributed by atoms with Crippen molar-refractivity contribution in [3.8, 4) is 0 Å². The maximum absolute atomic E-state index is 13.3. The largest absolute Gasteiger partial charge is 0.464 e. The molecule has 0 aliphatic heterocycles. The number of ketones is 1. The summed E-state index contributed by atoms with van der Waals surface area (Å²) in [4.78, 5) is 25.9. The lowest BCUT2D eigenvalue weighted by molar-refractivity contribution is -0.169. The van der Waals surface area contributed by atoms with E-state index in [1.807, 2.05) is 6.92 Å². The summed E-state index contributed by atoms with van der Waals surface area (Å²) in [6.45, 7) is 15.7. The van der Waals surface area contributed by atoms with Crippen LogP contribution in [0.5, 0.6) is 0 Å². The predicted octanol–water partition coefficient (Wildman–Crippen LogP) is 5.33. The molecule has 5 nitrogen and oxygen atoms in total. The highest BCUT2D eigenvalue weighted by atomic mass is 16.5. The molecule has 4 aliphatic carbocycles. The van der Waals surface area contributed by atoms with Gasteiger partial charge in [-0.1, -0.05) is 54.4 Å². The second-order valence-corrected chi connectivity index (χ2v) is 13.4. The third kappa shape index (κ3) is 4.04. The number of aliphatic hydroxyl groups is 2. The van der Waals surface area contributed by atoms with Gasteiger partial charge in [0.1, 0.15) is 0 Å². The van der Waals surface area contributed by atoms with Gasteiger partial charge in [0, 0.05) is 17.4 Å². The van der Waals surface area contributed by atoms with Gasteiger partial charge in [0.25, 0.3) is 0 Å². The minimum atomic E-state index is -2.13. The quantitative estimate of drug-likeness (QED) is 0.374. The zero-order valence-electron chi connectivity index (χ0n) is 23.0. The van der Waals surface area contributed by atoms with Crippen LogP contribution in [0.3, 0.4) is 0 Å². The standard InChI is InChI=1S/C30H48O5/c1-8-35-27(33)30(34)16-29(7)22-13-14-28(6)20(19(5)10-9-18(4)17(2)3)11-12-21(28)25(22)24(31)15-23(29)26(30)32/h15,17-22,24-25,31,34H,8-14,16H2,1-7H3/t18?,19-,20-,21+,22+,24+,25+,28-,29-,30+/m1/s1. The first-order valence-electron chi connectivity index (χ1n) is 14.2. The Morgan fingerprint density at radius 1 is 1.11 bits per heavy atom. The molecule has 0 spiro atoms. The number of carbonyl (C=O) groups excluding carboxylic acids is 2. The summed E-state index contributed by atoms with van der Waals surface area (Å²) in [7, 11) is 0. The van der Waals surface area contributed by atoms with Gasteiger partial charge < -0.3 is 14.9 Å². The summed E-state index contributed by atoms with van der Waals surface area (Å²) in [6.07, 6.45) is 7.87. The molecule has 0 aromatic carbocycles. The van der Waals surface area contributed by atoms with Crippen molar-refractivity contribution in [2.75, 3.05) is 6.61 Å². The highest BCUT2D eigenvalue weighted by molar-refractivity contribution is 6.18. The molecule has 5 heteroatoms. The molecule has 0 aromatic rings. The van der Waals surface area contributed by atoms with E-state index >= 15 is 0 Å². The van der Waals surface area contributed by atoms with Crippen LogP contribution < -0.4 is 0 Å². The number of rotatable bonds is 7. The number of fused-ring (bicyclic) bond motifs is 5. The number of carbonyl (C=O) groups is 2. The van der Waals surface area contributed by atoms with Crippen molar-refractivity contribution in [2.24, 2.45) is 52.3 Å². The van der Waals surface area contributed by atoms with Gasteiger partial charge in [-0.15, -0.1) is 0 Å². The number of hydrogen-bond donors (Lipinski definition) is 2. The van der Waals surface area contributed by atoms with Crippen molar-refractivity contribution in [3.63, 3.8) is 0 Å². The Hall–Kier alpha value is -1.20. The average Bonchev–Trinajstić information content (AvgIpc) is 3.24. The fourth-order valence-corrected chi connectivity index (χ4v) is 8.93. The Morgan fingerprint density at radius 3 is 2.43 bits per heavy atom. The number of aliphatic hydroxyl groups excluding tert-OH is 1. The van der Waals surface area contributed by atoms with E-state index in [0.29, 0.717) is 29.2 Å². The molecule has 0 amide bonds. The van der Waals surface area contributed by atoms with Crippen LogP contribution in [0.1, 0.15) is 93.4 Å². The summed E-state index contributed by atoms with van der Waals surface area (Å²) in [5.41, 5.74) is -2.12. The Kier molecular flexibility index (Phi) is 7.12. The maximum Gasteiger partial charge on any atom is 0.346 e. The first-order valence-corrected chi connectivity index (χ1v) is 14.2. The molecule has 35 heavy (non-hydrogen) atoms. The van der Waals surface area contributed by atoms with Gasteiger partial charge in [-0.3, -0.25) is 4.79 Å². The second kappa shape index (κ2) is 9.28. The van der Waals surface area contributed by atoms with Gasteiger partial charge in [0.2, 0.25) is 11.4 Å². The van der Waals surface area contributed by atoms with Crippen LogP contribution in [0.4, 0.5) is 0 Å². The van der Waals surface area contributed by atoms with Crippen LogP contribution in [0.25, 0.3) is 0 Å². The first-order chi connectivity index (χ1) is 16.3. The molecule has 0 saturated heterocycles. The Bertz CT molecular complexity index is 878. The van der Waals surface area contributed by atoms with Crippen LogP contribution in [0.15, 0.2) is 11.6 Å². The zero-order valence-corrected chi connectivity index (χ0v) is 23.0. The molecule has 0 radical (unpaired) electrons. The molecule has 3 saturated carbocycles. The average molecular weight is 489 g/mol. The van der Waals surface area contributed by atoms with Crippen LogP contribution in [-0.4, -0.2) is 40.3 Å². The SMILES string of the molecule is CCOC(=O)[C@]1(O)C[C@@]2(C)C(=C[C@H](O)[C@H]3[C@@H]4CC[C@H]([C@H](C)CCC(C)C(C)C)[C@@]4(C)CC[C@@H]32)C1=O. The van der Waals surface area contributed by atoms with Gasteiger partial charge >= 0.3 is 5.97 Å². The normalized spacial score (nSPS) is 44.3. The van der Waals surface area contributed by atoms with E-state index in [1.54, 1.807) is 13.0 Å². The van der Waals surface area contributed by atoms with E-state index in [2.05, 4.69) is 34.6 Å². The van der Waals surface area contributed by atoms with Crippen molar-refractivity contribution in [1.29, 1.82) is 0 Å². The van der Waals surface area contributed by atoms with Crippen molar-refractivity contribution >= 4 is 11.8 Å². The first kappa shape index (κ1) is 26.9. The summed E-state index contributed by atoms with van der Waals surface area (Å²) in [5.74, 6) is 1.88. The van der Waals surface area contributed by atoms with Crippen LogP contribution >= 0.6 is 0 Å². The number of ether oxygens (including phenoxy) is 1. The van der Waals surface area contributed by atoms with E-state index in [1.165, 1.54) is 19.3 Å². The van der Waals surface area contributed by atoms with Gasteiger partial charge in [0.15, 0.2) is 0 Å². The minimum Gasteiger partial charge on any atom is -0.464 e. The lowest BCUT2D eigenvalue weighted by Crippen LogP contribution is -2.53. The summed E-state index contributed by atoms with van der Waals surface area (Å²) in [6, 6.07) is 0. The fraction of sp³-hybridized carbons (Fsp3) is 0.867.